The highest BCUT2D eigenvalue weighted by Crippen LogP contribution is 2.25. The molecule has 2 N–H and O–H groups in total. The summed E-state index contributed by atoms with van der Waals surface area (Å²) in [7, 11) is 0. The fourth-order valence-corrected chi connectivity index (χ4v) is 2.60. The molecule has 2 amide bonds. The lowest BCUT2D eigenvalue weighted by Crippen LogP contribution is -2.48. The first kappa shape index (κ1) is 21.7. The van der Waals surface area contributed by atoms with Crippen LogP contribution in [0.5, 0.6) is 0 Å². The second-order valence-electron chi connectivity index (χ2n) is 7.06. The van der Waals surface area contributed by atoms with E-state index in [1.54, 1.807) is 17.0 Å². The molecule has 7 heteroatoms. The molecule has 140 valence electrons. The van der Waals surface area contributed by atoms with Gasteiger partial charge >= 0.3 is 0 Å². The summed E-state index contributed by atoms with van der Waals surface area (Å²) < 4.78 is 0. The molecule has 0 fully saturated rings. The standard InChI is InChI=1S/C18H27Cl2N3O2/c1-6-23(11-17(25)22-18(3,4)5)10-16(24)21-12(2)13-7-8-14(19)15(20)9-13/h7-9,12H,6,10-11H2,1-5H3,(H,21,24)(H,22,25)/t12-/m0/s1. The van der Waals surface area contributed by atoms with E-state index in [4.69, 9.17) is 23.2 Å². The smallest absolute Gasteiger partial charge is 0.234 e. The zero-order valence-electron chi connectivity index (χ0n) is 15.5. The van der Waals surface area contributed by atoms with Crippen molar-refractivity contribution in [2.75, 3.05) is 19.6 Å². The predicted molar refractivity (Wildman–Crippen MR) is 103 cm³/mol. The molecule has 0 unspecified atom stereocenters. The van der Waals surface area contributed by atoms with Crippen molar-refractivity contribution in [3.05, 3.63) is 33.8 Å². The van der Waals surface area contributed by atoms with Crippen molar-refractivity contribution in [2.24, 2.45) is 0 Å². The third-order valence-corrected chi connectivity index (χ3v) is 4.26. The van der Waals surface area contributed by atoms with Crippen LogP contribution in [-0.2, 0) is 9.59 Å². The van der Waals surface area contributed by atoms with Crippen LogP contribution < -0.4 is 10.6 Å². The molecule has 0 aliphatic rings. The third-order valence-electron chi connectivity index (χ3n) is 3.52. The topological polar surface area (TPSA) is 61.4 Å². The zero-order chi connectivity index (χ0) is 19.2. The minimum Gasteiger partial charge on any atom is -0.350 e. The Morgan fingerprint density at radius 3 is 2.24 bits per heavy atom. The van der Waals surface area contributed by atoms with E-state index in [1.165, 1.54) is 0 Å². The summed E-state index contributed by atoms with van der Waals surface area (Å²) in [4.78, 5) is 26.1. The zero-order valence-corrected chi connectivity index (χ0v) is 17.0. The van der Waals surface area contributed by atoms with Crippen LogP contribution in [0.25, 0.3) is 0 Å². The van der Waals surface area contributed by atoms with Crippen LogP contribution in [0.1, 0.15) is 46.2 Å². The molecule has 0 aromatic heterocycles. The third kappa shape index (κ3) is 8.08. The van der Waals surface area contributed by atoms with Gasteiger partial charge in [0.2, 0.25) is 11.8 Å². The van der Waals surface area contributed by atoms with Crippen LogP contribution in [-0.4, -0.2) is 41.9 Å². The fraction of sp³-hybridized carbons (Fsp3) is 0.556. The van der Waals surface area contributed by atoms with E-state index in [0.29, 0.717) is 16.6 Å². The summed E-state index contributed by atoms with van der Waals surface area (Å²) in [5.41, 5.74) is 0.581. The first-order valence-corrected chi connectivity index (χ1v) is 9.05. The molecule has 0 aliphatic carbocycles. The van der Waals surface area contributed by atoms with Gasteiger partial charge in [-0.3, -0.25) is 14.5 Å². The molecule has 0 spiro atoms. The van der Waals surface area contributed by atoms with Gasteiger partial charge in [0, 0.05) is 5.54 Å². The molecular weight excluding hydrogens is 361 g/mol. The summed E-state index contributed by atoms with van der Waals surface area (Å²) in [5.74, 6) is -0.247. The van der Waals surface area contributed by atoms with Crippen LogP contribution in [0.2, 0.25) is 10.0 Å². The second-order valence-corrected chi connectivity index (χ2v) is 7.88. The van der Waals surface area contributed by atoms with Gasteiger partial charge in [-0.05, 0) is 51.9 Å². The van der Waals surface area contributed by atoms with Crippen molar-refractivity contribution in [2.45, 2.75) is 46.2 Å². The number of hydrogen-bond acceptors (Lipinski definition) is 3. The van der Waals surface area contributed by atoms with Crippen LogP contribution in [0.3, 0.4) is 0 Å². The average Bonchev–Trinajstić information content (AvgIpc) is 2.47. The number of carbonyl (C=O) groups is 2. The van der Waals surface area contributed by atoms with E-state index in [2.05, 4.69) is 10.6 Å². The summed E-state index contributed by atoms with van der Waals surface area (Å²) in [6.07, 6.45) is 0. The summed E-state index contributed by atoms with van der Waals surface area (Å²) in [5, 5.41) is 6.74. The van der Waals surface area contributed by atoms with Gasteiger partial charge in [-0.25, -0.2) is 0 Å². The molecule has 0 bridgehead atoms. The van der Waals surface area contributed by atoms with Gasteiger partial charge in [-0.15, -0.1) is 0 Å². The van der Waals surface area contributed by atoms with Gasteiger partial charge in [-0.2, -0.15) is 0 Å². The Kier molecular flexibility index (Phi) is 8.19. The molecule has 1 aromatic rings. The molecule has 0 aliphatic heterocycles. The van der Waals surface area contributed by atoms with Crippen LogP contribution in [0, 0.1) is 0 Å². The Bertz CT molecular complexity index is 615. The van der Waals surface area contributed by atoms with E-state index < -0.39 is 0 Å². The average molecular weight is 388 g/mol. The van der Waals surface area contributed by atoms with Crippen molar-refractivity contribution in [3.63, 3.8) is 0 Å². The molecule has 0 saturated carbocycles. The Balaban J connectivity index is 2.57. The summed E-state index contributed by atoms with van der Waals surface area (Å²) in [6.45, 7) is 10.5. The number of likely N-dealkylation sites (N-methyl/N-ethyl adjacent to an activating group) is 1. The minimum atomic E-state index is -0.291. The number of hydrogen-bond donors (Lipinski definition) is 2. The SMILES string of the molecule is CCN(CC(=O)N[C@@H](C)c1ccc(Cl)c(Cl)c1)CC(=O)NC(C)(C)C. The molecule has 1 rings (SSSR count). The molecule has 0 saturated heterocycles. The van der Waals surface area contributed by atoms with Crippen molar-refractivity contribution in [3.8, 4) is 0 Å². The van der Waals surface area contributed by atoms with Crippen molar-refractivity contribution in [1.29, 1.82) is 0 Å². The van der Waals surface area contributed by atoms with E-state index in [1.807, 2.05) is 40.7 Å². The van der Waals surface area contributed by atoms with Crippen LogP contribution >= 0.6 is 23.2 Å². The minimum absolute atomic E-state index is 0.0975. The highest BCUT2D eigenvalue weighted by molar-refractivity contribution is 6.42. The van der Waals surface area contributed by atoms with E-state index >= 15 is 0 Å². The predicted octanol–water partition coefficient (Wildman–Crippen LogP) is 3.41. The van der Waals surface area contributed by atoms with E-state index in [0.717, 1.165) is 5.56 Å². The highest BCUT2D eigenvalue weighted by atomic mass is 35.5. The first-order chi connectivity index (χ1) is 11.5. The maximum Gasteiger partial charge on any atom is 0.234 e. The maximum atomic E-state index is 12.3. The van der Waals surface area contributed by atoms with Gasteiger partial charge < -0.3 is 10.6 Å². The number of rotatable bonds is 7. The molecule has 0 heterocycles. The Labute approximate surface area is 160 Å². The van der Waals surface area contributed by atoms with Crippen molar-refractivity contribution in [1.82, 2.24) is 15.5 Å². The molecule has 1 atom stereocenters. The molecule has 1 aromatic carbocycles. The van der Waals surface area contributed by atoms with Gasteiger partial charge in [-0.1, -0.05) is 36.2 Å². The number of halogens is 2. The molecule has 0 radical (unpaired) electrons. The van der Waals surface area contributed by atoms with E-state index in [9.17, 15) is 9.59 Å². The Hall–Kier alpha value is -1.30. The highest BCUT2D eigenvalue weighted by Gasteiger charge is 2.18. The number of nitrogens with one attached hydrogen (secondary N) is 2. The first-order valence-electron chi connectivity index (χ1n) is 8.29. The second kappa shape index (κ2) is 9.41. The van der Waals surface area contributed by atoms with Crippen molar-refractivity contribution >= 4 is 35.0 Å². The van der Waals surface area contributed by atoms with Crippen molar-refractivity contribution < 1.29 is 9.59 Å². The Morgan fingerprint density at radius 1 is 1.12 bits per heavy atom. The lowest BCUT2D eigenvalue weighted by Gasteiger charge is -2.25. The van der Waals surface area contributed by atoms with Gasteiger partial charge in [0.25, 0.3) is 0 Å². The molecular formula is C18H27Cl2N3O2. The number of carbonyl (C=O) groups excluding carboxylic acids is 2. The van der Waals surface area contributed by atoms with Crippen LogP contribution in [0.4, 0.5) is 0 Å². The lowest BCUT2D eigenvalue weighted by atomic mass is 10.1. The fourth-order valence-electron chi connectivity index (χ4n) is 2.30. The quantitative estimate of drug-likeness (QED) is 0.753. The van der Waals surface area contributed by atoms with Gasteiger partial charge in [0.05, 0.1) is 29.2 Å². The largest absolute Gasteiger partial charge is 0.350 e. The molecule has 5 nitrogen and oxygen atoms in total. The normalized spacial score (nSPS) is 12.8. The Morgan fingerprint density at radius 2 is 1.72 bits per heavy atom. The lowest BCUT2D eigenvalue weighted by molar-refractivity contribution is -0.126. The van der Waals surface area contributed by atoms with Gasteiger partial charge in [0.1, 0.15) is 0 Å². The van der Waals surface area contributed by atoms with Crippen LogP contribution in [0.15, 0.2) is 18.2 Å². The maximum absolute atomic E-state index is 12.3. The number of benzene rings is 1. The van der Waals surface area contributed by atoms with Gasteiger partial charge in [0.15, 0.2) is 0 Å². The van der Waals surface area contributed by atoms with E-state index in [-0.39, 0.29) is 36.5 Å². The number of amides is 2. The number of nitrogens with zero attached hydrogens (tertiary/aromatic N) is 1. The monoisotopic (exact) mass is 387 g/mol. The summed E-state index contributed by atoms with van der Waals surface area (Å²) in [6, 6.07) is 5.07. The summed E-state index contributed by atoms with van der Waals surface area (Å²) >= 11 is 11.9. The molecule has 25 heavy (non-hydrogen) atoms.